The molecule has 0 saturated carbocycles. The molecule has 0 aliphatic carbocycles. The topological polar surface area (TPSA) is 40.5 Å². The number of aliphatic hydroxyl groups excluding tert-OH is 2. The first-order valence-corrected chi connectivity index (χ1v) is 2.47. The molecule has 0 saturated heterocycles. The minimum Gasteiger partial charge on any atom is -0.428 e. The van der Waals surface area contributed by atoms with Gasteiger partial charge in [-0.25, -0.2) is 0 Å². The van der Waals surface area contributed by atoms with Crippen molar-refractivity contribution >= 4 is 7.85 Å². The summed E-state index contributed by atoms with van der Waals surface area (Å²) in [6.07, 6.45) is 2.55. The Morgan fingerprint density at radius 1 is 1.56 bits per heavy atom. The largest absolute Gasteiger partial charge is 0.428 e. The Hall–Kier alpha value is 1.09. The van der Waals surface area contributed by atoms with Crippen LogP contribution < -0.4 is 0 Å². The SMILES string of the molecule is [B][CH-]C[C@@H](O)[CH-]CO.[Y]. The number of hydrogen-bond donors (Lipinski definition) is 2. The van der Waals surface area contributed by atoms with Gasteiger partial charge in [-0.15, -0.1) is 0 Å². The van der Waals surface area contributed by atoms with E-state index in [1.807, 2.05) is 0 Å². The molecule has 9 heavy (non-hydrogen) atoms. The average molecular weight is 201 g/mol. The fourth-order valence-electron chi connectivity index (χ4n) is 0.357. The molecule has 2 nitrogen and oxygen atoms in total. The monoisotopic (exact) mass is 201 g/mol. The second kappa shape index (κ2) is 9.09. The van der Waals surface area contributed by atoms with E-state index in [-0.39, 0.29) is 39.3 Å². The van der Waals surface area contributed by atoms with Gasteiger partial charge in [0.05, 0.1) is 0 Å². The normalized spacial score (nSPS) is 12.2. The minimum absolute atomic E-state index is 0. The zero-order valence-electron chi connectivity index (χ0n) is 5.20. The van der Waals surface area contributed by atoms with E-state index in [0.29, 0.717) is 6.42 Å². The van der Waals surface area contributed by atoms with Crippen LogP contribution in [-0.4, -0.2) is 30.8 Å². The van der Waals surface area contributed by atoms with Crippen molar-refractivity contribution in [3.63, 3.8) is 0 Å². The summed E-state index contributed by atoms with van der Waals surface area (Å²) in [5.74, 6) is 0. The Labute approximate surface area is 82.3 Å². The average Bonchev–Trinajstić information content (AvgIpc) is 1.68. The van der Waals surface area contributed by atoms with Crippen molar-refractivity contribution in [2.24, 2.45) is 0 Å². The van der Waals surface area contributed by atoms with Crippen LogP contribution in [0.25, 0.3) is 0 Å². The maximum atomic E-state index is 8.72. The molecule has 0 aromatic heterocycles. The van der Waals surface area contributed by atoms with Crippen LogP contribution in [-0.2, 0) is 32.7 Å². The summed E-state index contributed by atoms with van der Waals surface area (Å²) in [5, 5.41) is 16.9. The van der Waals surface area contributed by atoms with E-state index in [2.05, 4.69) is 0 Å². The first kappa shape index (κ1) is 12.7. The van der Waals surface area contributed by atoms with Crippen LogP contribution in [0.1, 0.15) is 6.42 Å². The van der Waals surface area contributed by atoms with Crippen molar-refractivity contribution in [2.75, 3.05) is 6.61 Å². The van der Waals surface area contributed by atoms with E-state index >= 15 is 0 Å². The molecule has 0 spiro atoms. The van der Waals surface area contributed by atoms with Crippen molar-refractivity contribution in [2.45, 2.75) is 12.5 Å². The molecule has 0 aliphatic heterocycles. The first-order valence-electron chi connectivity index (χ1n) is 2.47. The third-order valence-corrected chi connectivity index (χ3v) is 0.755. The third-order valence-electron chi connectivity index (χ3n) is 0.755. The van der Waals surface area contributed by atoms with Crippen molar-refractivity contribution in [1.29, 1.82) is 0 Å². The quantitative estimate of drug-likeness (QED) is 0.464. The van der Waals surface area contributed by atoms with Crippen LogP contribution in [0.5, 0.6) is 0 Å². The van der Waals surface area contributed by atoms with Crippen LogP contribution in [0.2, 0.25) is 0 Å². The Kier molecular flexibility index (Phi) is 12.9. The molecule has 0 fully saturated rings. The second-order valence-corrected chi connectivity index (χ2v) is 1.46. The standard InChI is InChI=1S/C5H9BO2.Y/c6-3-1-5(8)2-4-7;/h2-3,5,7-8H,1,4H2;/q-2;/t5-;/m1./s1. The molecule has 3 radical (unpaired) electrons. The number of rotatable bonds is 4. The van der Waals surface area contributed by atoms with E-state index < -0.39 is 6.10 Å². The predicted octanol–water partition coefficient (Wildman–Crippen LogP) is -0.738. The molecule has 2 N–H and O–H groups in total. The van der Waals surface area contributed by atoms with Crippen LogP contribution >= 0.6 is 0 Å². The summed E-state index contributed by atoms with van der Waals surface area (Å²) in [6.45, 7) is -0.102. The molecule has 0 aromatic carbocycles. The summed E-state index contributed by atoms with van der Waals surface area (Å²) >= 11 is 0. The molecule has 0 amide bonds. The summed E-state index contributed by atoms with van der Waals surface area (Å²) in [7, 11) is 4.97. The second-order valence-electron chi connectivity index (χ2n) is 1.46. The minimum atomic E-state index is -0.593. The number of hydrogen-bond acceptors (Lipinski definition) is 2. The van der Waals surface area contributed by atoms with Crippen LogP contribution in [0, 0.1) is 12.7 Å². The third kappa shape index (κ3) is 9.09. The molecule has 0 unspecified atom stereocenters. The van der Waals surface area contributed by atoms with Gasteiger partial charge in [0, 0.05) is 32.7 Å². The van der Waals surface area contributed by atoms with Crippen molar-refractivity contribution in [3.05, 3.63) is 12.7 Å². The Bertz CT molecular complexity index is 48.2. The Morgan fingerprint density at radius 2 is 2.11 bits per heavy atom. The van der Waals surface area contributed by atoms with E-state index in [1.165, 1.54) is 12.7 Å². The molecule has 0 aromatic rings. The van der Waals surface area contributed by atoms with E-state index in [1.54, 1.807) is 0 Å². The Morgan fingerprint density at radius 3 is 2.44 bits per heavy atom. The summed E-state index contributed by atoms with van der Waals surface area (Å²) in [5.41, 5.74) is 0. The van der Waals surface area contributed by atoms with Gasteiger partial charge in [0.1, 0.15) is 0 Å². The van der Waals surface area contributed by atoms with Gasteiger partial charge in [0.2, 0.25) is 0 Å². The van der Waals surface area contributed by atoms with Crippen LogP contribution in [0.3, 0.4) is 0 Å². The van der Waals surface area contributed by atoms with Gasteiger partial charge in [0.15, 0.2) is 0 Å². The van der Waals surface area contributed by atoms with Crippen molar-refractivity contribution < 1.29 is 42.9 Å². The Balaban J connectivity index is 0. The first-order chi connectivity index (χ1) is 3.81. The van der Waals surface area contributed by atoms with Crippen molar-refractivity contribution in [3.8, 4) is 0 Å². The fraction of sp³-hybridized carbons (Fsp3) is 0.600. The van der Waals surface area contributed by atoms with Gasteiger partial charge < -0.3 is 16.5 Å². The molecule has 4 heteroatoms. The zero-order chi connectivity index (χ0) is 6.41. The molecule has 49 valence electrons. The van der Waals surface area contributed by atoms with Gasteiger partial charge in [-0.1, -0.05) is 12.7 Å². The molecule has 0 aliphatic rings. The number of aliphatic hydroxyl groups is 2. The fourth-order valence-corrected chi connectivity index (χ4v) is 0.357. The molecule has 0 heterocycles. The van der Waals surface area contributed by atoms with E-state index in [0.717, 1.165) is 0 Å². The van der Waals surface area contributed by atoms with Gasteiger partial charge in [-0.2, -0.15) is 14.3 Å². The molecule has 0 bridgehead atoms. The molecular weight excluding hydrogens is 192 g/mol. The van der Waals surface area contributed by atoms with Crippen molar-refractivity contribution in [1.82, 2.24) is 0 Å². The van der Waals surface area contributed by atoms with Gasteiger partial charge in [0.25, 0.3) is 0 Å². The summed E-state index contributed by atoms with van der Waals surface area (Å²) < 4.78 is 0. The smallest absolute Gasteiger partial charge is 0 e. The molecule has 1 atom stereocenters. The van der Waals surface area contributed by atoms with Gasteiger partial charge >= 0.3 is 0 Å². The molecular formula is C5H9BO2Y-2. The van der Waals surface area contributed by atoms with Crippen LogP contribution in [0.4, 0.5) is 0 Å². The summed E-state index contributed by atoms with van der Waals surface area (Å²) in [6, 6.07) is 0. The zero-order valence-corrected chi connectivity index (χ0v) is 8.03. The van der Waals surface area contributed by atoms with Gasteiger partial charge in [-0.05, 0) is 0 Å². The maximum absolute atomic E-state index is 8.72. The molecule has 0 rings (SSSR count). The van der Waals surface area contributed by atoms with E-state index in [9.17, 15) is 0 Å². The van der Waals surface area contributed by atoms with Crippen LogP contribution in [0.15, 0.2) is 0 Å². The van der Waals surface area contributed by atoms with Gasteiger partial charge in [-0.3, -0.25) is 6.42 Å². The van der Waals surface area contributed by atoms with E-state index in [4.69, 9.17) is 18.1 Å². The summed E-state index contributed by atoms with van der Waals surface area (Å²) in [4.78, 5) is 0. The maximum Gasteiger partial charge on any atom is 0 e. The predicted molar refractivity (Wildman–Crippen MR) is 32.1 cm³/mol.